The lowest BCUT2D eigenvalue weighted by Gasteiger charge is -2.27. The molecule has 3 nitrogen and oxygen atoms in total. The molecule has 1 aliphatic heterocycles. The van der Waals surface area contributed by atoms with Gasteiger partial charge in [-0.3, -0.25) is 0 Å². The molecule has 0 N–H and O–H groups in total. The zero-order valence-electron chi connectivity index (χ0n) is 14.7. The Bertz CT molecular complexity index is 560. The number of nitrogens with zero attached hydrogens (tertiary/aromatic N) is 1. The Labute approximate surface area is 136 Å². The smallest absolute Gasteiger partial charge is 0.207 e. The van der Waals surface area contributed by atoms with Gasteiger partial charge in [-0.05, 0) is 49.3 Å². The van der Waals surface area contributed by atoms with Gasteiger partial charge in [0.25, 0.3) is 0 Å². The van der Waals surface area contributed by atoms with Crippen molar-refractivity contribution in [1.29, 1.82) is 0 Å². The first-order chi connectivity index (χ1) is 10.5. The van der Waals surface area contributed by atoms with Gasteiger partial charge in [0.1, 0.15) is 0 Å². The Balaban J connectivity index is 0.00000116. The number of sulfonamides is 1. The van der Waals surface area contributed by atoms with E-state index in [0.29, 0.717) is 18.0 Å². The Hall–Kier alpha value is -0.870. The molecule has 0 saturated carbocycles. The van der Waals surface area contributed by atoms with Crippen LogP contribution < -0.4 is 0 Å². The highest BCUT2D eigenvalue weighted by molar-refractivity contribution is 7.89. The van der Waals surface area contributed by atoms with E-state index in [1.165, 1.54) is 0 Å². The van der Waals surface area contributed by atoms with E-state index in [1.807, 2.05) is 39.0 Å². The molecule has 1 unspecified atom stereocenters. The second-order valence-electron chi connectivity index (χ2n) is 5.82. The molecule has 0 radical (unpaired) electrons. The SMILES string of the molecule is CC.CCC(C)c1ccc(C)cc1S(=O)(=O)N1CCCCC1. The lowest BCUT2D eigenvalue weighted by Crippen LogP contribution is -2.36. The van der Waals surface area contributed by atoms with Crippen LogP contribution in [0.15, 0.2) is 23.1 Å². The van der Waals surface area contributed by atoms with E-state index in [1.54, 1.807) is 4.31 Å². The summed E-state index contributed by atoms with van der Waals surface area (Å²) in [7, 11) is -3.34. The monoisotopic (exact) mass is 325 g/mol. The van der Waals surface area contributed by atoms with Gasteiger partial charge in [-0.1, -0.05) is 46.2 Å². The van der Waals surface area contributed by atoms with Crippen LogP contribution in [-0.2, 0) is 10.0 Å². The maximum atomic E-state index is 12.9. The fourth-order valence-electron chi connectivity index (χ4n) is 2.74. The van der Waals surface area contributed by atoms with E-state index < -0.39 is 10.0 Å². The summed E-state index contributed by atoms with van der Waals surface area (Å²) in [6.07, 6.45) is 4.04. The van der Waals surface area contributed by atoms with E-state index in [2.05, 4.69) is 13.8 Å². The van der Waals surface area contributed by atoms with Gasteiger partial charge in [0.05, 0.1) is 4.90 Å². The molecule has 1 aromatic carbocycles. The van der Waals surface area contributed by atoms with Crippen molar-refractivity contribution in [1.82, 2.24) is 4.31 Å². The van der Waals surface area contributed by atoms with E-state index in [-0.39, 0.29) is 5.92 Å². The van der Waals surface area contributed by atoms with E-state index in [4.69, 9.17) is 0 Å². The number of benzene rings is 1. The third-order valence-corrected chi connectivity index (χ3v) is 6.20. The fourth-order valence-corrected chi connectivity index (χ4v) is 4.66. The van der Waals surface area contributed by atoms with Gasteiger partial charge in [0.2, 0.25) is 10.0 Å². The molecule has 0 bridgehead atoms. The van der Waals surface area contributed by atoms with Crippen molar-refractivity contribution in [2.45, 2.75) is 71.1 Å². The number of rotatable bonds is 4. The molecule has 0 amide bonds. The minimum atomic E-state index is -3.34. The highest BCUT2D eigenvalue weighted by Crippen LogP contribution is 2.30. The highest BCUT2D eigenvalue weighted by atomic mass is 32.2. The molecule has 0 spiro atoms. The van der Waals surface area contributed by atoms with Crippen molar-refractivity contribution < 1.29 is 8.42 Å². The van der Waals surface area contributed by atoms with E-state index >= 15 is 0 Å². The number of hydrogen-bond acceptors (Lipinski definition) is 2. The standard InChI is InChI=1S/C16H25NO2S.C2H6/c1-4-14(3)15-9-8-13(2)12-16(15)20(18,19)17-10-6-5-7-11-17;1-2/h8-9,12,14H,4-7,10-11H2,1-3H3;1-2H3. The van der Waals surface area contributed by atoms with Gasteiger partial charge in [0, 0.05) is 13.1 Å². The van der Waals surface area contributed by atoms with Crippen molar-refractivity contribution in [2.75, 3.05) is 13.1 Å². The van der Waals surface area contributed by atoms with Crippen LogP contribution in [0.3, 0.4) is 0 Å². The van der Waals surface area contributed by atoms with Crippen molar-refractivity contribution in [3.8, 4) is 0 Å². The van der Waals surface area contributed by atoms with Crippen molar-refractivity contribution in [3.05, 3.63) is 29.3 Å². The van der Waals surface area contributed by atoms with Crippen LogP contribution in [0, 0.1) is 6.92 Å². The van der Waals surface area contributed by atoms with Crippen LogP contribution in [0.5, 0.6) is 0 Å². The number of hydrogen-bond donors (Lipinski definition) is 0. The summed E-state index contributed by atoms with van der Waals surface area (Å²) in [5.41, 5.74) is 1.97. The first-order valence-electron chi connectivity index (χ1n) is 8.57. The predicted molar refractivity (Wildman–Crippen MR) is 93.8 cm³/mol. The molecule has 1 heterocycles. The zero-order valence-corrected chi connectivity index (χ0v) is 15.5. The zero-order chi connectivity index (χ0) is 16.8. The van der Waals surface area contributed by atoms with E-state index in [0.717, 1.165) is 36.8 Å². The number of piperidine rings is 1. The maximum absolute atomic E-state index is 12.9. The molecular formula is C18H31NO2S. The summed E-state index contributed by atoms with van der Waals surface area (Å²) in [6.45, 7) is 11.5. The Kier molecular flexibility index (Phi) is 7.57. The quantitative estimate of drug-likeness (QED) is 0.804. The molecule has 0 aromatic heterocycles. The van der Waals surface area contributed by atoms with E-state index in [9.17, 15) is 8.42 Å². The minimum absolute atomic E-state index is 0.269. The van der Waals surface area contributed by atoms with Gasteiger partial charge in [-0.2, -0.15) is 4.31 Å². The lowest BCUT2D eigenvalue weighted by atomic mass is 9.98. The van der Waals surface area contributed by atoms with Gasteiger partial charge in [0.15, 0.2) is 0 Å². The van der Waals surface area contributed by atoms with Crippen LogP contribution in [0.4, 0.5) is 0 Å². The summed E-state index contributed by atoms with van der Waals surface area (Å²) >= 11 is 0. The maximum Gasteiger partial charge on any atom is 0.243 e. The molecule has 1 atom stereocenters. The molecule has 1 aromatic rings. The second-order valence-corrected chi connectivity index (χ2v) is 7.72. The average molecular weight is 326 g/mol. The molecule has 4 heteroatoms. The van der Waals surface area contributed by atoms with Crippen LogP contribution in [0.25, 0.3) is 0 Å². The fraction of sp³-hybridized carbons (Fsp3) is 0.667. The molecule has 22 heavy (non-hydrogen) atoms. The third-order valence-electron chi connectivity index (χ3n) is 4.25. The van der Waals surface area contributed by atoms with Crippen LogP contribution in [0.2, 0.25) is 0 Å². The molecule has 1 saturated heterocycles. The Morgan fingerprint density at radius 2 is 1.73 bits per heavy atom. The Morgan fingerprint density at radius 1 is 1.14 bits per heavy atom. The normalized spacial score (nSPS) is 17.5. The van der Waals surface area contributed by atoms with Gasteiger partial charge in [-0.15, -0.1) is 0 Å². The van der Waals surface area contributed by atoms with Crippen LogP contribution >= 0.6 is 0 Å². The third kappa shape index (κ3) is 4.32. The van der Waals surface area contributed by atoms with Crippen LogP contribution in [0.1, 0.15) is 70.4 Å². The number of aryl methyl sites for hydroxylation is 1. The predicted octanol–water partition coefficient (Wildman–Crippen LogP) is 4.71. The first-order valence-corrected chi connectivity index (χ1v) is 10.0. The molecule has 0 aliphatic carbocycles. The van der Waals surface area contributed by atoms with Crippen molar-refractivity contribution in [3.63, 3.8) is 0 Å². The summed E-state index contributed by atoms with van der Waals surface area (Å²) < 4.78 is 27.5. The van der Waals surface area contributed by atoms with Crippen molar-refractivity contribution in [2.24, 2.45) is 0 Å². The molecule has 1 aliphatic rings. The molecule has 2 rings (SSSR count). The average Bonchev–Trinajstić information content (AvgIpc) is 2.56. The summed E-state index contributed by atoms with van der Waals surface area (Å²) in [6, 6.07) is 5.84. The highest BCUT2D eigenvalue weighted by Gasteiger charge is 2.29. The largest absolute Gasteiger partial charge is 0.243 e. The summed E-state index contributed by atoms with van der Waals surface area (Å²) in [5, 5.41) is 0. The summed E-state index contributed by atoms with van der Waals surface area (Å²) in [4.78, 5) is 0.522. The summed E-state index contributed by atoms with van der Waals surface area (Å²) in [5.74, 6) is 0.269. The van der Waals surface area contributed by atoms with Gasteiger partial charge in [-0.25, -0.2) is 8.42 Å². The first kappa shape index (κ1) is 19.2. The van der Waals surface area contributed by atoms with Gasteiger partial charge < -0.3 is 0 Å². The van der Waals surface area contributed by atoms with Gasteiger partial charge >= 0.3 is 0 Å². The second kappa shape index (κ2) is 8.68. The topological polar surface area (TPSA) is 37.4 Å². The van der Waals surface area contributed by atoms with Crippen LogP contribution in [-0.4, -0.2) is 25.8 Å². The molecular weight excluding hydrogens is 294 g/mol. The van der Waals surface area contributed by atoms with Crippen molar-refractivity contribution >= 4 is 10.0 Å². The lowest BCUT2D eigenvalue weighted by molar-refractivity contribution is 0.346. The Morgan fingerprint density at radius 3 is 2.27 bits per heavy atom. The minimum Gasteiger partial charge on any atom is -0.207 e. The molecule has 1 fully saturated rings. The molecule has 126 valence electrons.